The number of aryl methyl sites for hydroxylation is 1. The molecule has 296 valence electrons. The van der Waals surface area contributed by atoms with E-state index in [0.717, 1.165) is 56.7 Å². The predicted molar refractivity (Wildman–Crippen MR) is 205 cm³/mol. The summed E-state index contributed by atoms with van der Waals surface area (Å²) in [5.41, 5.74) is 0.718. The number of ether oxygens (including phenoxy) is 4. The van der Waals surface area contributed by atoms with Gasteiger partial charge in [0, 0.05) is 59.8 Å². The van der Waals surface area contributed by atoms with Crippen LogP contribution in [0.4, 0.5) is 0 Å². The van der Waals surface area contributed by atoms with Crippen molar-refractivity contribution >= 4 is 17.7 Å². The molecule has 0 aliphatic heterocycles. The Hall–Kier alpha value is -2.33. The van der Waals surface area contributed by atoms with Crippen LogP contribution in [0, 0.1) is 5.92 Å². The van der Waals surface area contributed by atoms with Crippen molar-refractivity contribution in [2.75, 3.05) is 34.5 Å². The molecule has 1 aromatic rings. The minimum Gasteiger partial charge on any atom is -0.462 e. The van der Waals surface area contributed by atoms with Crippen molar-refractivity contribution in [2.45, 2.75) is 190 Å². The van der Waals surface area contributed by atoms with Crippen LogP contribution in [-0.4, -0.2) is 73.4 Å². The molecule has 0 aliphatic carbocycles. The second-order valence-electron chi connectivity index (χ2n) is 13.1. The van der Waals surface area contributed by atoms with Gasteiger partial charge < -0.3 is 18.9 Å². The molecule has 0 aliphatic rings. The zero-order chi connectivity index (χ0) is 37.0. The number of Topliss-reactive ketones (excluding diaryl/α,β-unsaturated/α-hetero) is 1. The second-order valence-corrected chi connectivity index (χ2v) is 13.1. The molecule has 0 radical (unpaired) electrons. The average Bonchev–Trinajstić information content (AvgIpc) is 3.53. The number of unbranched alkanes of at least 4 members (excludes halogenated alkanes) is 12. The summed E-state index contributed by atoms with van der Waals surface area (Å²) in [5.74, 6) is 0.388. The average molecular weight is 714 g/mol. The third kappa shape index (κ3) is 35.5. The first-order valence-electron chi connectivity index (χ1n) is 19.4. The lowest BCUT2D eigenvalue weighted by Crippen LogP contribution is -2.30. The van der Waals surface area contributed by atoms with E-state index in [1.807, 2.05) is 6.92 Å². The highest BCUT2D eigenvalue weighted by molar-refractivity contribution is 5.78. The summed E-state index contributed by atoms with van der Waals surface area (Å²) in [4.78, 5) is 36.4. The molecule has 0 amide bonds. The Bertz CT molecular complexity index is 888. The van der Waals surface area contributed by atoms with Gasteiger partial charge in [-0.1, -0.05) is 131 Å². The molecule has 0 bridgehead atoms. The molecule has 0 saturated heterocycles. The van der Waals surface area contributed by atoms with Crippen molar-refractivity contribution in [3.63, 3.8) is 0 Å². The number of aromatic nitrogens is 3. The zero-order valence-corrected chi connectivity index (χ0v) is 32.9. The SMILES string of the molecule is C.CCCC(C)COC.CCCCCCCCCC(=O)OCC(Cn1cc(CCC(=O)CC)nn1)OC(=O)CCCCCCCCC.COC. The summed E-state index contributed by atoms with van der Waals surface area (Å²) < 4.78 is 22.0. The summed E-state index contributed by atoms with van der Waals surface area (Å²) in [6.45, 7) is 11.8. The van der Waals surface area contributed by atoms with Crippen LogP contribution in [0.1, 0.15) is 176 Å². The van der Waals surface area contributed by atoms with Crippen LogP contribution in [0.2, 0.25) is 0 Å². The maximum absolute atomic E-state index is 12.5. The fourth-order valence-electron chi connectivity index (χ4n) is 5.14. The molecule has 50 heavy (non-hydrogen) atoms. The highest BCUT2D eigenvalue weighted by Crippen LogP contribution is 2.12. The molecule has 1 heterocycles. The fraction of sp³-hybridized carbons (Fsp3) is 0.875. The summed E-state index contributed by atoms with van der Waals surface area (Å²) in [7, 11) is 5.01. The molecular weight excluding hydrogens is 634 g/mol. The summed E-state index contributed by atoms with van der Waals surface area (Å²) in [6.07, 6.45) is 21.7. The van der Waals surface area contributed by atoms with Crippen LogP contribution < -0.4 is 0 Å². The second kappa shape index (κ2) is 39.5. The molecule has 2 atom stereocenters. The highest BCUT2D eigenvalue weighted by atomic mass is 16.6. The van der Waals surface area contributed by atoms with E-state index in [2.05, 4.69) is 42.7 Å². The molecule has 10 nitrogen and oxygen atoms in total. The van der Waals surface area contributed by atoms with E-state index in [0.29, 0.717) is 32.1 Å². The quantitative estimate of drug-likeness (QED) is 0.0590. The number of ketones is 1. The van der Waals surface area contributed by atoms with Gasteiger partial charge in [0.15, 0.2) is 6.10 Å². The monoisotopic (exact) mass is 714 g/mol. The number of rotatable bonds is 29. The highest BCUT2D eigenvalue weighted by Gasteiger charge is 2.19. The third-order valence-electron chi connectivity index (χ3n) is 7.96. The Kier molecular flexibility index (Phi) is 41.1. The Labute approximate surface area is 307 Å². The molecule has 0 N–H and O–H groups in total. The van der Waals surface area contributed by atoms with Crippen molar-refractivity contribution < 1.29 is 33.3 Å². The first-order valence-corrected chi connectivity index (χ1v) is 19.4. The molecule has 0 saturated carbocycles. The largest absolute Gasteiger partial charge is 0.462 e. The van der Waals surface area contributed by atoms with Gasteiger partial charge in [-0.3, -0.25) is 14.4 Å². The maximum atomic E-state index is 12.5. The van der Waals surface area contributed by atoms with Gasteiger partial charge in [0.25, 0.3) is 0 Å². The lowest BCUT2D eigenvalue weighted by Gasteiger charge is -2.18. The summed E-state index contributed by atoms with van der Waals surface area (Å²) in [5, 5.41) is 8.25. The van der Waals surface area contributed by atoms with Crippen molar-refractivity contribution in [1.82, 2.24) is 15.0 Å². The maximum Gasteiger partial charge on any atom is 0.306 e. The van der Waals surface area contributed by atoms with E-state index < -0.39 is 6.10 Å². The van der Waals surface area contributed by atoms with Gasteiger partial charge in [0.05, 0.1) is 12.2 Å². The zero-order valence-electron chi connectivity index (χ0n) is 32.9. The molecule has 0 spiro atoms. The Morgan fingerprint density at radius 1 is 0.720 bits per heavy atom. The number of esters is 2. The minimum absolute atomic E-state index is 0. The molecule has 1 aromatic heterocycles. The van der Waals surface area contributed by atoms with Crippen LogP contribution in [0.25, 0.3) is 0 Å². The lowest BCUT2D eigenvalue weighted by molar-refractivity contribution is -0.160. The standard InChI is InChI=1S/C30H53N3O5.C7H16O.C2H6O.CH4/c1-4-7-9-11-13-15-17-19-29(35)37-25-28(38-30(36)20-18-16-14-12-10-8-5-2)24-33-23-26(31-32-33)21-22-27(34)6-3;1-4-5-7(2)6-8-3;1-3-2;/h23,28H,4-22,24-25H2,1-3H3;7H,4-6H2,1-3H3;1-2H3;1H4. The van der Waals surface area contributed by atoms with E-state index in [-0.39, 0.29) is 38.3 Å². The molecule has 1 rings (SSSR count). The van der Waals surface area contributed by atoms with Gasteiger partial charge in [-0.2, -0.15) is 0 Å². The molecule has 0 aromatic carbocycles. The van der Waals surface area contributed by atoms with E-state index in [9.17, 15) is 14.4 Å². The fourth-order valence-corrected chi connectivity index (χ4v) is 5.14. The molecule has 10 heteroatoms. The number of hydrogen-bond acceptors (Lipinski definition) is 9. The van der Waals surface area contributed by atoms with E-state index in [4.69, 9.17) is 14.2 Å². The van der Waals surface area contributed by atoms with Gasteiger partial charge >= 0.3 is 11.9 Å². The van der Waals surface area contributed by atoms with Gasteiger partial charge in [-0.25, -0.2) is 4.68 Å². The number of nitrogens with zero attached hydrogens (tertiary/aromatic N) is 3. The number of hydrogen-bond donors (Lipinski definition) is 0. The van der Waals surface area contributed by atoms with E-state index in [1.165, 1.54) is 64.2 Å². The Morgan fingerprint density at radius 2 is 1.24 bits per heavy atom. The van der Waals surface area contributed by atoms with Crippen LogP contribution in [0.5, 0.6) is 0 Å². The Morgan fingerprint density at radius 3 is 1.74 bits per heavy atom. The normalized spacial score (nSPS) is 11.6. The van der Waals surface area contributed by atoms with Gasteiger partial charge in [-0.15, -0.1) is 5.10 Å². The summed E-state index contributed by atoms with van der Waals surface area (Å²) >= 11 is 0. The van der Waals surface area contributed by atoms with Gasteiger partial charge in [-0.05, 0) is 31.6 Å². The van der Waals surface area contributed by atoms with E-state index >= 15 is 0 Å². The van der Waals surface area contributed by atoms with Crippen LogP contribution in [-0.2, 0) is 46.3 Å². The molecular formula is C40H79N3O7. The Balaban J connectivity index is -0.00000159. The third-order valence-corrected chi connectivity index (χ3v) is 7.96. The van der Waals surface area contributed by atoms with Crippen molar-refractivity contribution in [2.24, 2.45) is 5.92 Å². The van der Waals surface area contributed by atoms with Crippen molar-refractivity contribution in [3.8, 4) is 0 Å². The predicted octanol–water partition coefficient (Wildman–Crippen LogP) is 9.89. The molecule has 2 unspecified atom stereocenters. The van der Waals surface area contributed by atoms with Gasteiger partial charge in [0.2, 0.25) is 0 Å². The smallest absolute Gasteiger partial charge is 0.306 e. The number of carbonyl (C=O) groups is 3. The minimum atomic E-state index is -0.628. The van der Waals surface area contributed by atoms with Crippen molar-refractivity contribution in [3.05, 3.63) is 11.9 Å². The van der Waals surface area contributed by atoms with Crippen LogP contribution in [0.3, 0.4) is 0 Å². The van der Waals surface area contributed by atoms with Crippen LogP contribution >= 0.6 is 0 Å². The lowest BCUT2D eigenvalue weighted by atomic mass is 10.1. The first kappa shape index (κ1) is 52.0. The van der Waals surface area contributed by atoms with E-state index in [1.54, 1.807) is 32.2 Å². The van der Waals surface area contributed by atoms with Crippen molar-refractivity contribution in [1.29, 1.82) is 0 Å². The van der Waals surface area contributed by atoms with Gasteiger partial charge in [0.1, 0.15) is 12.4 Å². The molecule has 0 fully saturated rings. The topological polar surface area (TPSA) is 119 Å². The number of methoxy groups -OCH3 is 2. The summed E-state index contributed by atoms with van der Waals surface area (Å²) in [6, 6.07) is 0. The van der Waals surface area contributed by atoms with Crippen LogP contribution in [0.15, 0.2) is 6.20 Å². The first-order chi connectivity index (χ1) is 23.7. The number of carbonyl (C=O) groups excluding carboxylic acids is 3.